The number of anilines is 2. The molecule has 0 aliphatic rings. The summed E-state index contributed by atoms with van der Waals surface area (Å²) in [5, 5.41) is 13.3. The molecule has 0 unspecified atom stereocenters. The summed E-state index contributed by atoms with van der Waals surface area (Å²) >= 11 is 0. The number of aromatic nitrogens is 2. The first-order valence-corrected chi connectivity index (χ1v) is 6.69. The van der Waals surface area contributed by atoms with Crippen LogP contribution in [0.3, 0.4) is 0 Å². The summed E-state index contributed by atoms with van der Waals surface area (Å²) in [6, 6.07) is 13.4. The Morgan fingerprint density at radius 3 is 2.52 bits per heavy atom. The second-order valence-electron chi connectivity index (χ2n) is 4.83. The molecule has 4 N–H and O–H groups in total. The molecule has 1 heterocycles. The Morgan fingerprint density at radius 2 is 1.76 bits per heavy atom. The van der Waals surface area contributed by atoms with Gasteiger partial charge in [-0.15, -0.1) is 0 Å². The summed E-state index contributed by atoms with van der Waals surface area (Å²) in [7, 11) is 0. The van der Waals surface area contributed by atoms with Gasteiger partial charge in [0, 0.05) is 17.6 Å². The van der Waals surface area contributed by atoms with E-state index in [2.05, 4.69) is 15.3 Å². The van der Waals surface area contributed by atoms with Crippen molar-refractivity contribution >= 4 is 22.4 Å². The molecule has 3 rings (SSSR count). The SMILES string of the molecule is Nc1ccc2c(NCc3ccc(CO)cc3)ncnc2c1. The third-order valence-corrected chi connectivity index (χ3v) is 3.33. The summed E-state index contributed by atoms with van der Waals surface area (Å²) in [6.07, 6.45) is 1.53. The number of nitrogens with two attached hydrogens (primary N) is 1. The molecule has 5 heteroatoms. The van der Waals surface area contributed by atoms with Crippen LogP contribution >= 0.6 is 0 Å². The first-order chi connectivity index (χ1) is 10.3. The van der Waals surface area contributed by atoms with Gasteiger partial charge >= 0.3 is 0 Å². The zero-order chi connectivity index (χ0) is 14.7. The van der Waals surface area contributed by atoms with Gasteiger partial charge in [0.1, 0.15) is 12.1 Å². The van der Waals surface area contributed by atoms with Crippen LogP contribution in [-0.2, 0) is 13.2 Å². The Kier molecular flexibility index (Phi) is 3.66. The molecule has 0 spiro atoms. The highest BCUT2D eigenvalue weighted by Crippen LogP contribution is 2.21. The molecule has 106 valence electrons. The molecule has 0 saturated carbocycles. The fourth-order valence-corrected chi connectivity index (χ4v) is 2.16. The molecule has 21 heavy (non-hydrogen) atoms. The highest BCUT2D eigenvalue weighted by molar-refractivity contribution is 5.90. The van der Waals surface area contributed by atoms with E-state index in [1.807, 2.05) is 42.5 Å². The summed E-state index contributed by atoms with van der Waals surface area (Å²) in [5.74, 6) is 0.784. The first-order valence-electron chi connectivity index (χ1n) is 6.69. The number of aliphatic hydroxyl groups excluding tert-OH is 1. The largest absolute Gasteiger partial charge is 0.399 e. The highest BCUT2D eigenvalue weighted by atomic mass is 16.3. The Hall–Kier alpha value is -2.66. The highest BCUT2D eigenvalue weighted by Gasteiger charge is 2.03. The van der Waals surface area contributed by atoms with E-state index in [0.717, 1.165) is 27.8 Å². The van der Waals surface area contributed by atoms with Crippen molar-refractivity contribution in [2.45, 2.75) is 13.2 Å². The molecule has 2 aromatic carbocycles. The minimum absolute atomic E-state index is 0.0612. The molecular weight excluding hydrogens is 264 g/mol. The Morgan fingerprint density at radius 1 is 1.00 bits per heavy atom. The van der Waals surface area contributed by atoms with Gasteiger partial charge in [0.05, 0.1) is 12.1 Å². The van der Waals surface area contributed by atoms with Crippen LogP contribution in [0.1, 0.15) is 11.1 Å². The Balaban J connectivity index is 1.81. The maximum Gasteiger partial charge on any atom is 0.137 e. The summed E-state index contributed by atoms with van der Waals surface area (Å²) in [4.78, 5) is 8.50. The number of benzene rings is 2. The van der Waals surface area contributed by atoms with Crippen molar-refractivity contribution in [3.8, 4) is 0 Å². The molecule has 0 fully saturated rings. The van der Waals surface area contributed by atoms with Crippen LogP contribution < -0.4 is 11.1 Å². The lowest BCUT2D eigenvalue weighted by Gasteiger charge is -2.09. The number of aliphatic hydroxyl groups is 1. The van der Waals surface area contributed by atoms with Gasteiger partial charge in [-0.1, -0.05) is 24.3 Å². The molecular formula is C16H16N4O. The zero-order valence-electron chi connectivity index (χ0n) is 11.5. The van der Waals surface area contributed by atoms with Crippen LogP contribution in [0.5, 0.6) is 0 Å². The van der Waals surface area contributed by atoms with Gasteiger partial charge in [-0.2, -0.15) is 0 Å². The van der Waals surface area contributed by atoms with E-state index in [4.69, 9.17) is 10.8 Å². The number of hydrogen-bond donors (Lipinski definition) is 3. The molecule has 0 radical (unpaired) electrons. The predicted octanol–water partition coefficient (Wildman–Crippen LogP) is 2.32. The molecule has 0 bridgehead atoms. The Labute approximate surface area is 122 Å². The first kappa shape index (κ1) is 13.3. The zero-order valence-corrected chi connectivity index (χ0v) is 11.5. The maximum atomic E-state index is 9.03. The second-order valence-corrected chi connectivity index (χ2v) is 4.83. The number of nitrogens with zero attached hydrogens (tertiary/aromatic N) is 2. The van der Waals surface area contributed by atoms with Crippen molar-refractivity contribution in [1.29, 1.82) is 0 Å². The molecule has 0 atom stereocenters. The van der Waals surface area contributed by atoms with Crippen LogP contribution in [-0.4, -0.2) is 15.1 Å². The average Bonchev–Trinajstić information content (AvgIpc) is 2.53. The maximum absolute atomic E-state index is 9.03. The van der Waals surface area contributed by atoms with Crippen molar-refractivity contribution in [3.05, 3.63) is 59.9 Å². The van der Waals surface area contributed by atoms with Crippen molar-refractivity contribution < 1.29 is 5.11 Å². The predicted molar refractivity (Wildman–Crippen MR) is 83.6 cm³/mol. The molecule has 0 amide bonds. The van der Waals surface area contributed by atoms with Crippen LogP contribution in [0, 0.1) is 0 Å². The fourth-order valence-electron chi connectivity index (χ4n) is 2.16. The van der Waals surface area contributed by atoms with Crippen LogP contribution in [0.15, 0.2) is 48.8 Å². The summed E-state index contributed by atoms with van der Waals surface area (Å²) in [6.45, 7) is 0.716. The third-order valence-electron chi connectivity index (χ3n) is 3.33. The smallest absolute Gasteiger partial charge is 0.137 e. The number of nitrogen functional groups attached to an aromatic ring is 1. The average molecular weight is 280 g/mol. The number of fused-ring (bicyclic) bond motifs is 1. The van der Waals surface area contributed by atoms with E-state index in [9.17, 15) is 0 Å². The standard InChI is InChI=1S/C16H16N4O/c17-13-5-6-14-15(7-13)19-10-20-16(14)18-8-11-1-3-12(9-21)4-2-11/h1-7,10,21H,8-9,17H2,(H,18,19,20). The van der Waals surface area contributed by atoms with Gasteiger partial charge in [0.25, 0.3) is 0 Å². The third kappa shape index (κ3) is 2.93. The van der Waals surface area contributed by atoms with Gasteiger partial charge in [-0.05, 0) is 29.3 Å². The van der Waals surface area contributed by atoms with E-state index in [1.165, 1.54) is 6.33 Å². The fraction of sp³-hybridized carbons (Fsp3) is 0.125. The number of rotatable bonds is 4. The second kappa shape index (κ2) is 5.76. The molecule has 1 aromatic heterocycles. The topological polar surface area (TPSA) is 84.1 Å². The quantitative estimate of drug-likeness (QED) is 0.639. The lowest BCUT2D eigenvalue weighted by Crippen LogP contribution is -2.03. The minimum atomic E-state index is 0.0612. The Bertz CT molecular complexity index is 756. The number of nitrogens with one attached hydrogen (secondary N) is 1. The van der Waals surface area contributed by atoms with E-state index < -0.39 is 0 Å². The van der Waals surface area contributed by atoms with Crippen molar-refractivity contribution in [2.24, 2.45) is 0 Å². The van der Waals surface area contributed by atoms with Crippen molar-refractivity contribution in [2.75, 3.05) is 11.1 Å². The minimum Gasteiger partial charge on any atom is -0.399 e. The molecule has 5 nitrogen and oxygen atoms in total. The van der Waals surface area contributed by atoms with Crippen LogP contribution in [0.2, 0.25) is 0 Å². The van der Waals surface area contributed by atoms with Gasteiger partial charge in [-0.3, -0.25) is 0 Å². The summed E-state index contributed by atoms with van der Waals surface area (Å²) in [5.41, 5.74) is 9.30. The van der Waals surface area contributed by atoms with Crippen molar-refractivity contribution in [1.82, 2.24) is 9.97 Å². The molecule has 0 aliphatic heterocycles. The van der Waals surface area contributed by atoms with E-state index >= 15 is 0 Å². The number of hydrogen-bond acceptors (Lipinski definition) is 5. The van der Waals surface area contributed by atoms with Gasteiger partial charge < -0.3 is 16.2 Å². The normalized spacial score (nSPS) is 10.7. The molecule has 3 aromatic rings. The van der Waals surface area contributed by atoms with Gasteiger partial charge in [0.15, 0.2) is 0 Å². The van der Waals surface area contributed by atoms with Crippen molar-refractivity contribution in [3.63, 3.8) is 0 Å². The lowest BCUT2D eigenvalue weighted by molar-refractivity contribution is 0.282. The van der Waals surface area contributed by atoms with E-state index in [-0.39, 0.29) is 6.61 Å². The summed E-state index contributed by atoms with van der Waals surface area (Å²) < 4.78 is 0. The molecule has 0 aliphatic carbocycles. The van der Waals surface area contributed by atoms with E-state index in [1.54, 1.807) is 0 Å². The van der Waals surface area contributed by atoms with Crippen LogP contribution in [0.25, 0.3) is 10.9 Å². The van der Waals surface area contributed by atoms with Crippen LogP contribution in [0.4, 0.5) is 11.5 Å². The molecule has 0 saturated heterocycles. The van der Waals surface area contributed by atoms with Gasteiger partial charge in [0.2, 0.25) is 0 Å². The van der Waals surface area contributed by atoms with Gasteiger partial charge in [-0.25, -0.2) is 9.97 Å². The lowest BCUT2D eigenvalue weighted by atomic mass is 10.1. The van der Waals surface area contributed by atoms with E-state index in [0.29, 0.717) is 12.2 Å². The monoisotopic (exact) mass is 280 g/mol.